The molecular weight excluding hydrogens is 545 g/mol. The Labute approximate surface area is 230 Å². The number of carbonyl (C=O) groups is 1. The molecule has 0 amide bonds. The van der Waals surface area contributed by atoms with Gasteiger partial charge in [-0.3, -0.25) is 9.52 Å². The van der Waals surface area contributed by atoms with Crippen LogP contribution in [0.5, 0.6) is 0 Å². The van der Waals surface area contributed by atoms with Gasteiger partial charge in [-0.15, -0.1) is 0 Å². The second kappa shape index (κ2) is 11.1. The van der Waals surface area contributed by atoms with Gasteiger partial charge in [0.15, 0.2) is 5.03 Å². The number of carboxylic acid groups (broad SMARTS) is 1. The SMILES string of the molecule is O=C(O)CC1CCN(c2cccc(S(=O)(=O)Nc3ccc(C(F)(F)F)c(-c4ccccc4C4CCC4)n3)n2)CC1. The van der Waals surface area contributed by atoms with Crippen LogP contribution in [0.2, 0.25) is 0 Å². The van der Waals surface area contributed by atoms with Gasteiger partial charge in [0.05, 0.1) is 11.3 Å². The van der Waals surface area contributed by atoms with Gasteiger partial charge in [0.25, 0.3) is 10.0 Å². The zero-order chi connectivity index (χ0) is 28.5. The molecule has 2 fully saturated rings. The van der Waals surface area contributed by atoms with Crippen LogP contribution in [0.4, 0.5) is 24.8 Å². The van der Waals surface area contributed by atoms with E-state index in [-0.39, 0.29) is 34.8 Å². The number of piperidine rings is 1. The molecule has 1 saturated heterocycles. The van der Waals surface area contributed by atoms with Crippen molar-refractivity contribution in [3.63, 3.8) is 0 Å². The molecule has 1 saturated carbocycles. The Kier molecular flexibility index (Phi) is 7.72. The molecular formula is C28H29F3N4O4S. The lowest BCUT2D eigenvalue weighted by Gasteiger charge is -2.32. The minimum absolute atomic E-state index is 0.0525. The van der Waals surface area contributed by atoms with Crippen LogP contribution in [0, 0.1) is 5.92 Å². The quantitative estimate of drug-likeness (QED) is 0.343. The van der Waals surface area contributed by atoms with E-state index < -0.39 is 27.7 Å². The Hall–Kier alpha value is -3.67. The van der Waals surface area contributed by atoms with Crippen LogP contribution in [0.3, 0.4) is 0 Å². The molecule has 0 spiro atoms. The summed E-state index contributed by atoms with van der Waals surface area (Å²) >= 11 is 0. The number of hydrogen-bond donors (Lipinski definition) is 2. The molecule has 2 N–H and O–H groups in total. The van der Waals surface area contributed by atoms with E-state index in [9.17, 15) is 26.4 Å². The van der Waals surface area contributed by atoms with Gasteiger partial charge in [-0.1, -0.05) is 36.8 Å². The van der Waals surface area contributed by atoms with E-state index in [0.29, 0.717) is 37.3 Å². The summed E-state index contributed by atoms with van der Waals surface area (Å²) in [7, 11) is -4.28. The standard InChI is InChI=1S/C28H29F3N4O4S/c29-28(30,31)22-11-12-23(32-27(22)21-8-2-1-7-20(21)19-5-3-6-19)34-40(38,39)25-10-4-9-24(33-25)35-15-13-18(14-16-35)17-26(36)37/h1-2,4,7-12,18-19H,3,5-6,13-17H2,(H,32,34)(H,36,37). The molecule has 1 aliphatic heterocycles. The van der Waals surface area contributed by atoms with Crippen LogP contribution in [-0.4, -0.2) is 42.6 Å². The first-order chi connectivity index (χ1) is 19.0. The van der Waals surface area contributed by atoms with E-state index >= 15 is 0 Å². The molecule has 12 heteroatoms. The number of aliphatic carboxylic acids is 1. The van der Waals surface area contributed by atoms with Gasteiger partial charge >= 0.3 is 12.1 Å². The summed E-state index contributed by atoms with van der Waals surface area (Å²) < 4.78 is 70.8. The Morgan fingerprint density at radius 1 is 0.975 bits per heavy atom. The number of sulfonamides is 1. The third kappa shape index (κ3) is 6.06. The molecule has 5 rings (SSSR count). The van der Waals surface area contributed by atoms with E-state index in [2.05, 4.69) is 14.7 Å². The fourth-order valence-electron chi connectivity index (χ4n) is 5.27. The number of hydrogen-bond acceptors (Lipinski definition) is 6. The largest absolute Gasteiger partial charge is 0.481 e. The highest BCUT2D eigenvalue weighted by Gasteiger charge is 2.36. The molecule has 1 aromatic carbocycles. The van der Waals surface area contributed by atoms with Crippen molar-refractivity contribution in [1.29, 1.82) is 0 Å². The van der Waals surface area contributed by atoms with Gasteiger partial charge in [0.1, 0.15) is 11.6 Å². The summed E-state index contributed by atoms with van der Waals surface area (Å²) in [4.78, 5) is 21.4. The van der Waals surface area contributed by atoms with Crippen molar-refractivity contribution in [3.05, 3.63) is 65.7 Å². The fraction of sp³-hybridized carbons (Fsp3) is 0.393. The Bertz CT molecular complexity index is 1500. The summed E-state index contributed by atoms with van der Waals surface area (Å²) in [6, 6.07) is 13.2. The number of alkyl halides is 3. The van der Waals surface area contributed by atoms with Crippen LogP contribution in [0.1, 0.15) is 55.6 Å². The Morgan fingerprint density at radius 3 is 2.35 bits per heavy atom. The summed E-state index contributed by atoms with van der Waals surface area (Å²) in [5.74, 6) is -0.472. The van der Waals surface area contributed by atoms with Gasteiger partial charge in [0, 0.05) is 25.1 Å². The zero-order valence-electron chi connectivity index (χ0n) is 21.6. The minimum Gasteiger partial charge on any atom is -0.481 e. The molecule has 2 aromatic heterocycles. The van der Waals surface area contributed by atoms with Crippen LogP contribution in [0.15, 0.2) is 59.6 Å². The highest BCUT2D eigenvalue weighted by molar-refractivity contribution is 7.92. The van der Waals surface area contributed by atoms with Crippen molar-refractivity contribution in [2.24, 2.45) is 5.92 Å². The second-order valence-corrected chi connectivity index (χ2v) is 11.9. The average molecular weight is 575 g/mol. The molecule has 3 aromatic rings. The predicted molar refractivity (Wildman–Crippen MR) is 144 cm³/mol. The first-order valence-electron chi connectivity index (χ1n) is 13.2. The van der Waals surface area contributed by atoms with Crippen LogP contribution in [-0.2, 0) is 21.0 Å². The molecule has 212 valence electrons. The minimum atomic E-state index is -4.68. The molecule has 0 atom stereocenters. The number of nitrogens with zero attached hydrogens (tertiary/aromatic N) is 3. The second-order valence-electron chi connectivity index (χ2n) is 10.3. The number of benzene rings is 1. The van der Waals surface area contributed by atoms with Gasteiger partial charge in [-0.05, 0) is 67.3 Å². The molecule has 3 heterocycles. The van der Waals surface area contributed by atoms with Gasteiger partial charge in [-0.25, -0.2) is 9.97 Å². The number of halogens is 3. The highest BCUT2D eigenvalue weighted by Crippen LogP contribution is 2.44. The van der Waals surface area contributed by atoms with Crippen molar-refractivity contribution in [1.82, 2.24) is 9.97 Å². The smallest absolute Gasteiger partial charge is 0.418 e. The third-order valence-electron chi connectivity index (χ3n) is 7.59. The zero-order valence-corrected chi connectivity index (χ0v) is 22.4. The van der Waals surface area contributed by atoms with E-state index in [1.807, 2.05) is 4.90 Å². The molecule has 0 bridgehead atoms. The van der Waals surface area contributed by atoms with Crippen LogP contribution in [0.25, 0.3) is 11.3 Å². The van der Waals surface area contributed by atoms with E-state index in [0.717, 1.165) is 37.0 Å². The number of carboxylic acids is 1. The van der Waals surface area contributed by atoms with E-state index in [1.165, 1.54) is 6.07 Å². The summed E-state index contributed by atoms with van der Waals surface area (Å²) in [6.07, 6.45) is -0.542. The average Bonchev–Trinajstić information content (AvgIpc) is 2.87. The monoisotopic (exact) mass is 574 g/mol. The van der Waals surface area contributed by atoms with Crippen LogP contribution < -0.4 is 9.62 Å². The maximum absolute atomic E-state index is 14.0. The lowest BCUT2D eigenvalue weighted by molar-refractivity contribution is -0.138. The van der Waals surface area contributed by atoms with E-state index in [4.69, 9.17) is 5.11 Å². The topological polar surface area (TPSA) is 112 Å². The number of anilines is 2. The maximum Gasteiger partial charge on any atom is 0.418 e. The van der Waals surface area contributed by atoms with Crippen molar-refractivity contribution in [2.75, 3.05) is 22.7 Å². The number of rotatable bonds is 8. The molecule has 0 radical (unpaired) electrons. The van der Waals surface area contributed by atoms with Crippen molar-refractivity contribution in [2.45, 2.75) is 55.6 Å². The maximum atomic E-state index is 14.0. The normalized spacial score (nSPS) is 16.9. The Balaban J connectivity index is 1.42. The first-order valence-corrected chi connectivity index (χ1v) is 14.6. The van der Waals surface area contributed by atoms with Crippen molar-refractivity contribution in [3.8, 4) is 11.3 Å². The number of nitrogens with one attached hydrogen (secondary N) is 1. The van der Waals surface area contributed by atoms with Gasteiger partial charge in [-0.2, -0.15) is 21.6 Å². The van der Waals surface area contributed by atoms with Crippen molar-refractivity contribution >= 4 is 27.6 Å². The summed E-state index contributed by atoms with van der Waals surface area (Å²) in [5, 5.41) is 8.73. The highest BCUT2D eigenvalue weighted by atomic mass is 32.2. The first kappa shape index (κ1) is 27.9. The van der Waals surface area contributed by atoms with E-state index in [1.54, 1.807) is 36.4 Å². The van der Waals surface area contributed by atoms with Gasteiger partial charge in [0.2, 0.25) is 0 Å². The number of pyridine rings is 2. The lowest BCUT2D eigenvalue weighted by Crippen LogP contribution is -2.35. The van der Waals surface area contributed by atoms with Crippen LogP contribution >= 0.6 is 0 Å². The molecule has 40 heavy (non-hydrogen) atoms. The fourth-order valence-corrected chi connectivity index (χ4v) is 6.24. The third-order valence-corrected chi connectivity index (χ3v) is 8.84. The molecule has 8 nitrogen and oxygen atoms in total. The molecule has 2 aliphatic rings. The Morgan fingerprint density at radius 2 is 1.70 bits per heavy atom. The molecule has 1 aliphatic carbocycles. The molecule has 0 unspecified atom stereocenters. The predicted octanol–water partition coefficient (Wildman–Crippen LogP) is 5.92. The van der Waals surface area contributed by atoms with Crippen molar-refractivity contribution < 1.29 is 31.5 Å². The summed E-state index contributed by atoms with van der Waals surface area (Å²) in [5.41, 5.74) is -0.143. The lowest BCUT2D eigenvalue weighted by atomic mass is 9.77. The summed E-state index contributed by atoms with van der Waals surface area (Å²) in [6.45, 7) is 1.07. The van der Waals surface area contributed by atoms with Gasteiger partial charge < -0.3 is 10.0 Å². The number of aromatic nitrogens is 2.